The molecule has 0 aliphatic heterocycles. The maximum atomic E-state index is 12.7. The molecule has 0 fully saturated rings. The summed E-state index contributed by atoms with van der Waals surface area (Å²) in [6, 6.07) is -6.04. The molecule has 0 rings (SSSR count). The first-order valence-corrected chi connectivity index (χ1v) is 10.3. The molecular weight excluding hydrogens is 456 g/mol. The monoisotopic (exact) mass is 490 g/mol. The highest BCUT2D eigenvalue weighted by atomic mass is 16.4. The van der Waals surface area contributed by atoms with E-state index in [1.54, 1.807) is 0 Å². The van der Waals surface area contributed by atoms with Crippen LogP contribution in [0.4, 0.5) is 0 Å². The Hall–Kier alpha value is -3.50. The summed E-state index contributed by atoms with van der Waals surface area (Å²) in [6.07, 6.45) is -3.16. The second kappa shape index (κ2) is 14.6. The molecule has 0 saturated carbocycles. The van der Waals surface area contributed by atoms with Gasteiger partial charge in [0, 0.05) is 6.54 Å². The van der Waals surface area contributed by atoms with Crippen molar-refractivity contribution in [3.05, 3.63) is 0 Å². The number of aliphatic imine (C=N–C) groups is 1. The summed E-state index contributed by atoms with van der Waals surface area (Å²) in [5, 5.41) is 34.9. The fourth-order valence-corrected chi connectivity index (χ4v) is 2.63. The van der Waals surface area contributed by atoms with Crippen LogP contribution in [0.15, 0.2) is 4.99 Å². The van der Waals surface area contributed by atoms with E-state index in [1.165, 1.54) is 6.92 Å². The highest BCUT2D eigenvalue weighted by Crippen LogP contribution is 2.03. The number of rotatable bonds is 15. The van der Waals surface area contributed by atoms with Crippen LogP contribution in [0.1, 0.15) is 33.1 Å². The van der Waals surface area contributed by atoms with Gasteiger partial charge in [0.05, 0.1) is 24.7 Å². The topological polar surface area (TPSA) is 299 Å². The molecule has 16 heteroatoms. The van der Waals surface area contributed by atoms with Crippen molar-refractivity contribution in [2.75, 3.05) is 6.54 Å². The van der Waals surface area contributed by atoms with Crippen LogP contribution in [0, 0.1) is 0 Å². The normalized spacial score (nSPS) is 16.0. The molecule has 34 heavy (non-hydrogen) atoms. The Labute approximate surface area is 195 Å². The minimum atomic E-state index is -1.73. The average molecular weight is 491 g/mol. The highest BCUT2D eigenvalue weighted by molar-refractivity contribution is 5.96. The second-order valence-corrected chi connectivity index (χ2v) is 7.58. The van der Waals surface area contributed by atoms with Gasteiger partial charge in [0.25, 0.3) is 0 Å². The number of carbonyl (C=O) groups is 5. The Morgan fingerprint density at radius 1 is 0.853 bits per heavy atom. The lowest BCUT2D eigenvalue weighted by Gasteiger charge is -2.26. The SMILES string of the molecule is CC(O)C(NC(=O)C(CC(N)=O)NC(=O)C(NC(=O)C(N)CCCN=C(N)N)C(C)O)C(=O)O. The predicted molar refractivity (Wildman–Crippen MR) is 118 cm³/mol. The summed E-state index contributed by atoms with van der Waals surface area (Å²) in [6.45, 7) is 2.52. The highest BCUT2D eigenvalue weighted by Gasteiger charge is 2.34. The van der Waals surface area contributed by atoms with Gasteiger partial charge in [-0.3, -0.25) is 24.2 Å². The van der Waals surface area contributed by atoms with Crippen molar-refractivity contribution in [2.24, 2.45) is 27.9 Å². The number of aliphatic carboxylic acids is 1. The lowest BCUT2D eigenvalue weighted by atomic mass is 10.1. The number of guanidine groups is 1. The Morgan fingerprint density at radius 3 is 1.82 bits per heavy atom. The number of aliphatic hydroxyl groups is 2. The number of amides is 4. The van der Waals surface area contributed by atoms with E-state index in [9.17, 15) is 34.2 Å². The van der Waals surface area contributed by atoms with Gasteiger partial charge in [-0.1, -0.05) is 0 Å². The molecule has 0 radical (unpaired) electrons. The van der Waals surface area contributed by atoms with Crippen molar-refractivity contribution in [1.82, 2.24) is 16.0 Å². The lowest BCUT2D eigenvalue weighted by molar-refractivity contribution is -0.145. The van der Waals surface area contributed by atoms with Crippen LogP contribution in [0.25, 0.3) is 0 Å². The van der Waals surface area contributed by atoms with Crippen LogP contribution in [-0.4, -0.2) is 93.8 Å². The molecule has 0 saturated heterocycles. The van der Waals surface area contributed by atoms with Gasteiger partial charge < -0.3 is 54.2 Å². The first-order chi connectivity index (χ1) is 15.7. The molecule has 16 nitrogen and oxygen atoms in total. The van der Waals surface area contributed by atoms with Crippen LogP contribution in [-0.2, 0) is 24.0 Å². The quantitative estimate of drug-likeness (QED) is 0.0586. The van der Waals surface area contributed by atoms with Crippen LogP contribution in [0.5, 0.6) is 0 Å². The van der Waals surface area contributed by atoms with Crippen molar-refractivity contribution < 1.29 is 39.3 Å². The smallest absolute Gasteiger partial charge is 0.328 e. The van der Waals surface area contributed by atoms with Gasteiger partial charge in [-0.2, -0.15) is 0 Å². The summed E-state index contributed by atoms with van der Waals surface area (Å²) in [7, 11) is 0. The van der Waals surface area contributed by atoms with E-state index in [-0.39, 0.29) is 18.9 Å². The van der Waals surface area contributed by atoms with E-state index < -0.39 is 72.4 Å². The van der Waals surface area contributed by atoms with Gasteiger partial charge in [0.2, 0.25) is 23.6 Å². The Balaban J connectivity index is 5.32. The fraction of sp³-hybridized carbons (Fsp3) is 0.667. The molecule has 194 valence electrons. The summed E-state index contributed by atoms with van der Waals surface area (Å²) < 4.78 is 0. The van der Waals surface area contributed by atoms with E-state index in [4.69, 9.17) is 28.0 Å². The van der Waals surface area contributed by atoms with Crippen LogP contribution in [0.2, 0.25) is 0 Å². The molecule has 0 aliphatic rings. The molecular formula is C18H34N8O8. The van der Waals surface area contributed by atoms with Gasteiger partial charge >= 0.3 is 5.97 Å². The van der Waals surface area contributed by atoms with Crippen molar-refractivity contribution >= 4 is 35.6 Å². The maximum absolute atomic E-state index is 12.7. The van der Waals surface area contributed by atoms with E-state index >= 15 is 0 Å². The number of hydrogen-bond donors (Lipinski definition) is 10. The second-order valence-electron chi connectivity index (χ2n) is 7.58. The lowest BCUT2D eigenvalue weighted by Crippen LogP contribution is -2.60. The summed E-state index contributed by atoms with van der Waals surface area (Å²) in [4.78, 5) is 63.7. The largest absolute Gasteiger partial charge is 0.480 e. The van der Waals surface area contributed by atoms with Crippen molar-refractivity contribution in [3.8, 4) is 0 Å². The Morgan fingerprint density at radius 2 is 1.38 bits per heavy atom. The number of carboxylic acids is 1. The molecule has 6 atom stereocenters. The number of aliphatic hydroxyl groups excluding tert-OH is 2. The zero-order valence-electron chi connectivity index (χ0n) is 18.9. The first-order valence-electron chi connectivity index (χ1n) is 10.3. The molecule has 0 aromatic rings. The molecule has 0 spiro atoms. The first kappa shape index (κ1) is 30.5. The average Bonchev–Trinajstić information content (AvgIpc) is 2.70. The van der Waals surface area contributed by atoms with Crippen molar-refractivity contribution in [3.63, 3.8) is 0 Å². The van der Waals surface area contributed by atoms with E-state index in [1.807, 2.05) is 5.32 Å². The Bertz CT molecular complexity index is 769. The van der Waals surface area contributed by atoms with E-state index in [0.717, 1.165) is 6.92 Å². The standard InChI is InChI=1S/C18H34N8O8/c1-7(27)12(25-14(30)9(19)4-3-5-23-18(21)22)16(32)24-10(6-11(20)29)15(31)26-13(8(2)28)17(33)34/h7-10,12-13,27-28H,3-6,19H2,1-2H3,(H2,20,29)(H,24,32)(H,25,30)(H,26,31)(H,33,34)(H4,21,22,23). The van der Waals surface area contributed by atoms with Crippen LogP contribution in [0.3, 0.4) is 0 Å². The molecule has 0 heterocycles. The van der Waals surface area contributed by atoms with Gasteiger partial charge in [0.15, 0.2) is 12.0 Å². The molecule has 0 bridgehead atoms. The third-order valence-electron chi connectivity index (χ3n) is 4.45. The molecule has 0 aliphatic carbocycles. The molecule has 4 amide bonds. The molecule has 6 unspecified atom stereocenters. The maximum Gasteiger partial charge on any atom is 0.328 e. The van der Waals surface area contributed by atoms with Gasteiger partial charge in [-0.15, -0.1) is 0 Å². The summed E-state index contributed by atoms with van der Waals surface area (Å²) in [5.74, 6) is -5.68. The molecule has 0 aromatic carbocycles. The van der Waals surface area contributed by atoms with E-state index in [0.29, 0.717) is 6.42 Å². The van der Waals surface area contributed by atoms with Crippen LogP contribution >= 0.6 is 0 Å². The zero-order valence-corrected chi connectivity index (χ0v) is 18.9. The van der Waals surface area contributed by atoms with E-state index in [2.05, 4.69) is 15.6 Å². The number of nitrogens with two attached hydrogens (primary N) is 4. The third kappa shape index (κ3) is 11.4. The zero-order chi connectivity index (χ0) is 26.6. The molecule has 0 aromatic heterocycles. The number of carbonyl (C=O) groups excluding carboxylic acids is 4. The van der Waals surface area contributed by atoms with Crippen LogP contribution < -0.4 is 38.9 Å². The number of nitrogens with one attached hydrogen (secondary N) is 3. The number of carboxylic acid groups (broad SMARTS) is 1. The van der Waals surface area contributed by atoms with Crippen molar-refractivity contribution in [1.29, 1.82) is 0 Å². The van der Waals surface area contributed by atoms with Gasteiger partial charge in [-0.05, 0) is 26.7 Å². The van der Waals surface area contributed by atoms with Crippen molar-refractivity contribution in [2.45, 2.75) is 69.5 Å². The number of nitrogens with zero attached hydrogens (tertiary/aromatic N) is 1. The predicted octanol–water partition coefficient (Wildman–Crippen LogP) is -5.46. The number of hydrogen-bond acceptors (Lipinski definition) is 9. The summed E-state index contributed by atoms with van der Waals surface area (Å²) in [5.41, 5.74) is 21.3. The number of primary amides is 1. The van der Waals surface area contributed by atoms with Gasteiger partial charge in [-0.25, -0.2) is 4.79 Å². The van der Waals surface area contributed by atoms with Gasteiger partial charge in [0.1, 0.15) is 12.1 Å². The summed E-state index contributed by atoms with van der Waals surface area (Å²) >= 11 is 0. The minimum absolute atomic E-state index is 0.124. The third-order valence-corrected chi connectivity index (χ3v) is 4.45. The molecule has 14 N–H and O–H groups in total. The minimum Gasteiger partial charge on any atom is -0.480 e. The Kier molecular flexibility index (Phi) is 13.1. The fourth-order valence-electron chi connectivity index (χ4n) is 2.63.